The van der Waals surface area contributed by atoms with E-state index in [0.717, 1.165) is 0 Å². The van der Waals surface area contributed by atoms with Crippen molar-refractivity contribution in [2.75, 3.05) is 31.2 Å². The fraction of sp³-hybridized carbons (Fsp3) is 0.353. The maximum atomic E-state index is 12.8. The number of anilines is 2. The standard InChI is InChI=1S/C17H20ClN5O5S/c1-28-12-2-4-13(5-3-12)29(26,27)22-8-6-11(7-9-22)21-15-14(18)10-20-17(19)16(15)23(24)25/h2-5,10-11H,6-9H2,1H3,(H3,19,20,21). The van der Waals surface area contributed by atoms with Crippen LogP contribution >= 0.6 is 11.6 Å². The molecule has 0 bridgehead atoms. The molecule has 1 aromatic heterocycles. The highest BCUT2D eigenvalue weighted by atomic mass is 35.5. The highest BCUT2D eigenvalue weighted by molar-refractivity contribution is 7.89. The first kappa shape index (κ1) is 21.1. The van der Waals surface area contributed by atoms with E-state index in [2.05, 4.69) is 10.3 Å². The molecule has 0 radical (unpaired) electrons. The summed E-state index contributed by atoms with van der Waals surface area (Å²) in [7, 11) is -2.13. The number of piperidine rings is 1. The third-order valence-electron chi connectivity index (χ3n) is 4.72. The van der Waals surface area contributed by atoms with Gasteiger partial charge in [-0.15, -0.1) is 0 Å². The first-order chi connectivity index (χ1) is 13.7. The Bertz CT molecular complexity index is 1010. The lowest BCUT2D eigenvalue weighted by Crippen LogP contribution is -2.42. The van der Waals surface area contributed by atoms with Crippen molar-refractivity contribution >= 4 is 38.8 Å². The van der Waals surface area contributed by atoms with Crippen LogP contribution in [0.3, 0.4) is 0 Å². The number of halogens is 1. The zero-order chi connectivity index (χ0) is 21.2. The summed E-state index contributed by atoms with van der Waals surface area (Å²) in [5, 5.41) is 14.4. The van der Waals surface area contributed by atoms with E-state index < -0.39 is 14.9 Å². The Morgan fingerprint density at radius 2 is 1.93 bits per heavy atom. The van der Waals surface area contributed by atoms with Gasteiger partial charge in [-0.1, -0.05) is 11.6 Å². The van der Waals surface area contributed by atoms with Crippen LogP contribution in [0.25, 0.3) is 0 Å². The molecule has 0 spiro atoms. The summed E-state index contributed by atoms with van der Waals surface area (Å²) in [6.45, 7) is 0.524. The quantitative estimate of drug-likeness (QED) is 0.514. The van der Waals surface area contributed by atoms with Crippen molar-refractivity contribution < 1.29 is 18.1 Å². The van der Waals surface area contributed by atoms with E-state index >= 15 is 0 Å². The molecule has 1 saturated heterocycles. The number of nitrogen functional groups attached to an aromatic ring is 1. The Balaban J connectivity index is 1.71. The summed E-state index contributed by atoms with van der Waals surface area (Å²) < 4.78 is 32.1. The van der Waals surface area contributed by atoms with Crippen molar-refractivity contribution in [2.24, 2.45) is 0 Å². The maximum Gasteiger partial charge on any atom is 0.335 e. The number of pyridine rings is 1. The highest BCUT2D eigenvalue weighted by Gasteiger charge is 2.31. The van der Waals surface area contributed by atoms with Crippen molar-refractivity contribution in [3.63, 3.8) is 0 Å². The predicted octanol–water partition coefficient (Wildman–Crippen LogP) is 2.50. The minimum atomic E-state index is -3.63. The van der Waals surface area contributed by atoms with Crippen molar-refractivity contribution in [3.05, 3.63) is 45.6 Å². The van der Waals surface area contributed by atoms with Crippen LogP contribution in [0.4, 0.5) is 17.2 Å². The number of rotatable bonds is 6. The van der Waals surface area contributed by atoms with Crippen molar-refractivity contribution in [2.45, 2.75) is 23.8 Å². The predicted molar refractivity (Wildman–Crippen MR) is 109 cm³/mol. The smallest absolute Gasteiger partial charge is 0.335 e. The molecule has 0 unspecified atom stereocenters. The van der Waals surface area contributed by atoms with Gasteiger partial charge in [-0.2, -0.15) is 4.31 Å². The number of nitrogens with one attached hydrogen (secondary N) is 1. The van der Waals surface area contributed by atoms with Gasteiger partial charge in [0.05, 0.1) is 28.1 Å². The van der Waals surface area contributed by atoms with Gasteiger partial charge in [0.15, 0.2) is 0 Å². The summed E-state index contributed by atoms with van der Waals surface area (Å²) in [5.74, 6) is 0.336. The van der Waals surface area contributed by atoms with Gasteiger partial charge in [-0.05, 0) is 37.1 Å². The average Bonchev–Trinajstić information content (AvgIpc) is 2.71. The molecule has 2 heterocycles. The zero-order valence-electron chi connectivity index (χ0n) is 15.5. The van der Waals surface area contributed by atoms with Crippen LogP contribution in [0.2, 0.25) is 5.02 Å². The first-order valence-corrected chi connectivity index (χ1v) is 10.5. The highest BCUT2D eigenvalue weighted by Crippen LogP contribution is 2.37. The van der Waals surface area contributed by atoms with Gasteiger partial charge >= 0.3 is 5.69 Å². The van der Waals surface area contributed by atoms with Crippen LogP contribution in [0, 0.1) is 10.1 Å². The van der Waals surface area contributed by atoms with E-state index in [9.17, 15) is 18.5 Å². The molecule has 3 rings (SSSR count). The lowest BCUT2D eigenvalue weighted by molar-refractivity contribution is -0.383. The van der Waals surface area contributed by atoms with Gasteiger partial charge in [0.1, 0.15) is 11.4 Å². The van der Waals surface area contributed by atoms with E-state index in [4.69, 9.17) is 22.1 Å². The van der Waals surface area contributed by atoms with Crippen molar-refractivity contribution in [1.29, 1.82) is 0 Å². The molecule has 2 aromatic rings. The molecule has 0 saturated carbocycles. The molecule has 1 aliphatic heterocycles. The van der Waals surface area contributed by atoms with Crippen molar-refractivity contribution in [1.82, 2.24) is 9.29 Å². The Labute approximate surface area is 172 Å². The molecule has 156 valence electrons. The number of nitro groups is 1. The van der Waals surface area contributed by atoms with Gasteiger partial charge in [0.25, 0.3) is 0 Å². The largest absolute Gasteiger partial charge is 0.497 e. The summed E-state index contributed by atoms with van der Waals surface area (Å²) in [5.41, 5.74) is 5.33. The number of nitrogens with two attached hydrogens (primary N) is 1. The summed E-state index contributed by atoms with van der Waals surface area (Å²) in [6, 6.07) is 5.99. The molecule has 3 N–H and O–H groups in total. The normalized spacial score (nSPS) is 15.8. The number of sulfonamides is 1. The van der Waals surface area contributed by atoms with Crippen LogP contribution < -0.4 is 15.8 Å². The Hall–Kier alpha value is -2.63. The number of aromatic nitrogens is 1. The molecule has 29 heavy (non-hydrogen) atoms. The van der Waals surface area contributed by atoms with E-state index in [1.54, 1.807) is 12.1 Å². The van der Waals surface area contributed by atoms with Crippen LogP contribution in [0.5, 0.6) is 5.75 Å². The first-order valence-electron chi connectivity index (χ1n) is 8.73. The molecule has 1 fully saturated rings. The third kappa shape index (κ3) is 4.36. The Morgan fingerprint density at radius 1 is 1.31 bits per heavy atom. The van der Waals surface area contributed by atoms with E-state index in [0.29, 0.717) is 18.6 Å². The van der Waals surface area contributed by atoms with Gasteiger partial charge in [0.2, 0.25) is 15.8 Å². The second-order valence-corrected chi connectivity index (χ2v) is 8.82. The number of hydrogen-bond acceptors (Lipinski definition) is 8. The molecular formula is C17H20ClN5O5S. The van der Waals surface area contributed by atoms with E-state index in [-0.39, 0.29) is 46.2 Å². The number of nitrogens with zero attached hydrogens (tertiary/aromatic N) is 3. The maximum absolute atomic E-state index is 12.8. The Kier molecular flexibility index (Phi) is 6.10. The summed E-state index contributed by atoms with van der Waals surface area (Å²) in [4.78, 5) is 14.6. The fourth-order valence-corrected chi connectivity index (χ4v) is 4.82. The van der Waals surface area contributed by atoms with Crippen molar-refractivity contribution in [3.8, 4) is 5.75 Å². The second kappa shape index (κ2) is 8.39. The molecule has 1 aromatic carbocycles. The summed E-state index contributed by atoms with van der Waals surface area (Å²) in [6.07, 6.45) is 2.14. The summed E-state index contributed by atoms with van der Waals surface area (Å²) >= 11 is 6.07. The molecule has 10 nitrogen and oxygen atoms in total. The molecule has 0 atom stereocenters. The van der Waals surface area contributed by atoms with Gasteiger partial charge in [0, 0.05) is 19.1 Å². The van der Waals surface area contributed by atoms with E-state index in [1.807, 2.05) is 0 Å². The zero-order valence-corrected chi connectivity index (χ0v) is 17.1. The number of methoxy groups -OCH3 is 1. The number of hydrogen-bond donors (Lipinski definition) is 2. The fourth-order valence-electron chi connectivity index (χ4n) is 3.16. The molecule has 12 heteroatoms. The topological polar surface area (TPSA) is 141 Å². The molecule has 0 aliphatic carbocycles. The van der Waals surface area contributed by atoms with Gasteiger partial charge in [-0.3, -0.25) is 10.1 Å². The van der Waals surface area contributed by atoms with Gasteiger partial charge < -0.3 is 15.8 Å². The second-order valence-electron chi connectivity index (χ2n) is 6.47. The lowest BCUT2D eigenvalue weighted by atomic mass is 10.1. The third-order valence-corrected chi connectivity index (χ3v) is 6.92. The molecule has 0 amide bonds. The molecule has 1 aliphatic rings. The van der Waals surface area contributed by atoms with Crippen LogP contribution in [0.15, 0.2) is 35.4 Å². The SMILES string of the molecule is COc1ccc(S(=O)(=O)N2CCC(Nc3c(Cl)cnc(N)c3[N+](=O)[O-])CC2)cc1. The monoisotopic (exact) mass is 441 g/mol. The average molecular weight is 442 g/mol. The van der Waals surface area contributed by atoms with Crippen LogP contribution in [0.1, 0.15) is 12.8 Å². The minimum Gasteiger partial charge on any atom is -0.497 e. The Morgan fingerprint density at radius 3 is 2.48 bits per heavy atom. The lowest BCUT2D eigenvalue weighted by Gasteiger charge is -2.32. The number of benzene rings is 1. The van der Waals surface area contributed by atoms with E-state index in [1.165, 1.54) is 29.7 Å². The van der Waals surface area contributed by atoms with Gasteiger partial charge in [-0.25, -0.2) is 13.4 Å². The van der Waals surface area contributed by atoms with Crippen LogP contribution in [-0.4, -0.2) is 48.9 Å². The minimum absolute atomic E-state index is 0.0826. The number of ether oxygens (including phenoxy) is 1. The molecular weight excluding hydrogens is 422 g/mol. The van der Waals surface area contributed by atoms with Crippen LogP contribution in [-0.2, 0) is 10.0 Å².